The van der Waals surface area contributed by atoms with Gasteiger partial charge in [0.1, 0.15) is 6.04 Å². The molecule has 0 aromatic heterocycles. The van der Waals surface area contributed by atoms with Crippen LogP contribution in [0.15, 0.2) is 42.5 Å². The standard InChI is InChI=1S/C21H23Cl3N2O2/c1-3-19(21(28)25-4-2)26(13-15-17(23)10-7-11-18(15)24)20(27)12-14-8-5-6-9-16(14)22/h5-11,19H,3-4,12-13H2,1-2H3,(H,25,28). The Balaban J connectivity index is 2.38. The van der Waals surface area contributed by atoms with Crippen LogP contribution in [0.3, 0.4) is 0 Å². The normalized spacial score (nSPS) is 11.8. The summed E-state index contributed by atoms with van der Waals surface area (Å²) in [6.07, 6.45) is 0.541. The molecular weight excluding hydrogens is 419 g/mol. The van der Waals surface area contributed by atoms with Gasteiger partial charge in [-0.1, -0.05) is 66.0 Å². The van der Waals surface area contributed by atoms with Crippen molar-refractivity contribution in [3.05, 3.63) is 68.7 Å². The van der Waals surface area contributed by atoms with E-state index in [1.807, 2.05) is 19.9 Å². The Bertz CT molecular complexity index is 822. The number of likely N-dealkylation sites (N-methyl/N-ethyl adjacent to an activating group) is 1. The molecule has 1 N–H and O–H groups in total. The molecule has 0 spiro atoms. The molecule has 0 saturated carbocycles. The van der Waals surface area contributed by atoms with E-state index in [0.29, 0.717) is 39.2 Å². The second-order valence-corrected chi connectivity index (χ2v) is 7.53. The van der Waals surface area contributed by atoms with Gasteiger partial charge in [0.2, 0.25) is 11.8 Å². The second kappa shape index (κ2) is 10.7. The van der Waals surface area contributed by atoms with E-state index in [1.165, 1.54) is 4.90 Å². The van der Waals surface area contributed by atoms with Gasteiger partial charge >= 0.3 is 0 Å². The maximum atomic E-state index is 13.2. The lowest BCUT2D eigenvalue weighted by Gasteiger charge is -2.31. The van der Waals surface area contributed by atoms with Crippen LogP contribution < -0.4 is 5.32 Å². The average Bonchev–Trinajstić information content (AvgIpc) is 2.66. The molecule has 0 fully saturated rings. The Labute approximate surface area is 180 Å². The largest absolute Gasteiger partial charge is 0.355 e. The summed E-state index contributed by atoms with van der Waals surface area (Å²) in [6.45, 7) is 4.32. The first-order valence-corrected chi connectivity index (χ1v) is 10.3. The minimum absolute atomic E-state index is 0.0810. The third kappa shape index (κ3) is 5.63. The molecule has 2 aromatic carbocycles. The Kier molecular flexibility index (Phi) is 8.61. The molecule has 1 atom stereocenters. The zero-order chi connectivity index (χ0) is 20.7. The highest BCUT2D eigenvalue weighted by Gasteiger charge is 2.29. The van der Waals surface area contributed by atoms with Gasteiger partial charge in [-0.3, -0.25) is 9.59 Å². The molecule has 2 amide bonds. The molecule has 7 heteroatoms. The quantitative estimate of drug-likeness (QED) is 0.617. The SMILES string of the molecule is CCNC(=O)C(CC)N(Cc1c(Cl)cccc1Cl)C(=O)Cc1ccccc1Cl. The Morgan fingerprint density at radius 1 is 0.964 bits per heavy atom. The number of hydrogen-bond acceptors (Lipinski definition) is 2. The summed E-state index contributed by atoms with van der Waals surface area (Å²) in [5, 5.41) is 4.21. The predicted octanol–water partition coefficient (Wildman–Crippen LogP) is 5.13. The number of nitrogens with zero attached hydrogens (tertiary/aromatic N) is 1. The van der Waals surface area contributed by atoms with Crippen LogP contribution in [-0.2, 0) is 22.6 Å². The van der Waals surface area contributed by atoms with Crippen molar-refractivity contribution >= 4 is 46.6 Å². The van der Waals surface area contributed by atoms with Gasteiger partial charge in [0.15, 0.2) is 0 Å². The lowest BCUT2D eigenvalue weighted by atomic mass is 10.1. The Hall–Kier alpha value is -1.75. The van der Waals surface area contributed by atoms with E-state index in [1.54, 1.807) is 36.4 Å². The molecule has 28 heavy (non-hydrogen) atoms. The summed E-state index contributed by atoms with van der Waals surface area (Å²) in [7, 11) is 0. The van der Waals surface area contributed by atoms with E-state index >= 15 is 0 Å². The van der Waals surface area contributed by atoms with Crippen molar-refractivity contribution in [1.82, 2.24) is 10.2 Å². The van der Waals surface area contributed by atoms with Gasteiger partial charge in [0.25, 0.3) is 0 Å². The molecule has 0 bridgehead atoms. The number of benzene rings is 2. The van der Waals surface area contributed by atoms with Crippen molar-refractivity contribution in [3.63, 3.8) is 0 Å². The molecular formula is C21H23Cl3N2O2. The molecule has 150 valence electrons. The van der Waals surface area contributed by atoms with Crippen LogP contribution in [0, 0.1) is 0 Å². The van der Waals surface area contributed by atoms with Gasteiger partial charge in [0, 0.05) is 33.7 Å². The summed E-state index contributed by atoms with van der Waals surface area (Å²) in [5.74, 6) is -0.428. The van der Waals surface area contributed by atoms with Crippen molar-refractivity contribution in [1.29, 1.82) is 0 Å². The van der Waals surface area contributed by atoms with Gasteiger partial charge in [-0.05, 0) is 37.1 Å². The van der Waals surface area contributed by atoms with Crippen molar-refractivity contribution in [2.75, 3.05) is 6.54 Å². The number of carbonyl (C=O) groups excluding carboxylic acids is 2. The maximum Gasteiger partial charge on any atom is 0.242 e. The molecule has 0 aliphatic carbocycles. The van der Waals surface area contributed by atoms with Gasteiger partial charge in [-0.15, -0.1) is 0 Å². The summed E-state index contributed by atoms with van der Waals surface area (Å²) in [4.78, 5) is 27.3. The molecule has 0 aliphatic heterocycles. The number of rotatable bonds is 8. The van der Waals surface area contributed by atoms with Crippen molar-refractivity contribution in [2.45, 2.75) is 39.3 Å². The van der Waals surface area contributed by atoms with Crippen LogP contribution in [0.5, 0.6) is 0 Å². The van der Waals surface area contributed by atoms with Crippen LogP contribution in [0.1, 0.15) is 31.4 Å². The average molecular weight is 442 g/mol. The van der Waals surface area contributed by atoms with E-state index in [9.17, 15) is 9.59 Å². The maximum absolute atomic E-state index is 13.2. The zero-order valence-electron chi connectivity index (χ0n) is 15.8. The van der Waals surface area contributed by atoms with E-state index in [0.717, 1.165) is 0 Å². The topological polar surface area (TPSA) is 49.4 Å². The monoisotopic (exact) mass is 440 g/mol. The highest BCUT2D eigenvalue weighted by atomic mass is 35.5. The fraction of sp³-hybridized carbons (Fsp3) is 0.333. The van der Waals surface area contributed by atoms with Crippen molar-refractivity contribution in [3.8, 4) is 0 Å². The summed E-state index contributed by atoms with van der Waals surface area (Å²) >= 11 is 18.8. The van der Waals surface area contributed by atoms with Crippen molar-refractivity contribution in [2.24, 2.45) is 0 Å². The highest BCUT2D eigenvalue weighted by Crippen LogP contribution is 2.27. The smallest absolute Gasteiger partial charge is 0.242 e. The predicted molar refractivity (Wildman–Crippen MR) is 115 cm³/mol. The first-order chi connectivity index (χ1) is 13.4. The minimum Gasteiger partial charge on any atom is -0.355 e. The number of amides is 2. The summed E-state index contributed by atoms with van der Waals surface area (Å²) < 4.78 is 0. The molecule has 4 nitrogen and oxygen atoms in total. The fourth-order valence-electron chi connectivity index (χ4n) is 2.97. The van der Waals surface area contributed by atoms with Crippen LogP contribution in [0.25, 0.3) is 0 Å². The Morgan fingerprint density at radius 2 is 1.57 bits per heavy atom. The minimum atomic E-state index is -0.637. The van der Waals surface area contributed by atoms with Crippen LogP contribution in [-0.4, -0.2) is 29.3 Å². The molecule has 2 aromatic rings. The van der Waals surface area contributed by atoms with E-state index in [4.69, 9.17) is 34.8 Å². The third-order valence-corrected chi connectivity index (χ3v) is 5.50. The molecule has 2 rings (SSSR count). The lowest BCUT2D eigenvalue weighted by molar-refractivity contribution is -0.140. The first kappa shape index (κ1) is 22.5. The van der Waals surface area contributed by atoms with Crippen LogP contribution in [0.4, 0.5) is 0 Å². The second-order valence-electron chi connectivity index (χ2n) is 6.31. The van der Waals surface area contributed by atoms with E-state index in [-0.39, 0.29) is 24.8 Å². The summed E-state index contributed by atoms with van der Waals surface area (Å²) in [5.41, 5.74) is 1.32. The molecule has 0 aliphatic rings. The number of carbonyl (C=O) groups is 2. The van der Waals surface area contributed by atoms with Crippen molar-refractivity contribution < 1.29 is 9.59 Å². The van der Waals surface area contributed by atoms with E-state index < -0.39 is 6.04 Å². The molecule has 1 unspecified atom stereocenters. The lowest BCUT2D eigenvalue weighted by Crippen LogP contribution is -2.49. The van der Waals surface area contributed by atoms with Gasteiger partial charge in [-0.2, -0.15) is 0 Å². The molecule has 0 heterocycles. The zero-order valence-corrected chi connectivity index (χ0v) is 18.1. The van der Waals surface area contributed by atoms with E-state index in [2.05, 4.69) is 5.32 Å². The third-order valence-electron chi connectivity index (χ3n) is 4.43. The van der Waals surface area contributed by atoms with Gasteiger partial charge < -0.3 is 10.2 Å². The molecule has 0 radical (unpaired) electrons. The number of nitrogens with one attached hydrogen (secondary N) is 1. The van der Waals surface area contributed by atoms with Gasteiger partial charge in [0.05, 0.1) is 6.42 Å². The number of hydrogen-bond donors (Lipinski definition) is 1. The number of halogens is 3. The molecule has 0 saturated heterocycles. The first-order valence-electron chi connectivity index (χ1n) is 9.12. The summed E-state index contributed by atoms with van der Waals surface area (Å²) in [6, 6.07) is 11.7. The van der Waals surface area contributed by atoms with Gasteiger partial charge in [-0.25, -0.2) is 0 Å². The fourth-order valence-corrected chi connectivity index (χ4v) is 3.69. The highest BCUT2D eigenvalue weighted by molar-refractivity contribution is 6.36. The van der Waals surface area contributed by atoms with Crippen LogP contribution >= 0.6 is 34.8 Å². The Morgan fingerprint density at radius 3 is 2.14 bits per heavy atom. The van der Waals surface area contributed by atoms with Crippen LogP contribution in [0.2, 0.25) is 15.1 Å².